The van der Waals surface area contributed by atoms with Gasteiger partial charge in [-0.25, -0.2) is 4.98 Å². The van der Waals surface area contributed by atoms with E-state index in [9.17, 15) is 4.79 Å². The second kappa shape index (κ2) is 6.40. The van der Waals surface area contributed by atoms with Crippen LogP contribution in [0.15, 0.2) is 23.9 Å². The van der Waals surface area contributed by atoms with Crippen molar-refractivity contribution in [3.05, 3.63) is 35.1 Å². The van der Waals surface area contributed by atoms with Crippen LogP contribution < -0.4 is 5.32 Å². The fraction of sp³-hybridized carbons (Fsp3) is 0.444. The van der Waals surface area contributed by atoms with E-state index in [0.29, 0.717) is 17.8 Å². The molecule has 1 aliphatic heterocycles. The summed E-state index contributed by atoms with van der Waals surface area (Å²) in [5.74, 6) is 0. The Bertz CT molecular complexity index is 810. The molecule has 1 fully saturated rings. The van der Waals surface area contributed by atoms with Gasteiger partial charge in [-0.05, 0) is 51.8 Å². The highest BCUT2D eigenvalue weighted by atomic mass is 16.7. The molecule has 132 valence electrons. The second-order valence-electron chi connectivity index (χ2n) is 7.36. The lowest BCUT2D eigenvalue weighted by Crippen LogP contribution is -2.41. The maximum Gasteiger partial charge on any atom is 0.491 e. The van der Waals surface area contributed by atoms with Crippen LogP contribution in [0.25, 0.3) is 17.1 Å². The number of hydrogen-bond acceptors (Lipinski definition) is 5. The van der Waals surface area contributed by atoms with Crippen molar-refractivity contribution in [2.24, 2.45) is 0 Å². The Hall–Kier alpha value is -1.96. The lowest BCUT2D eigenvalue weighted by atomic mass is 9.77. The first-order valence-electron chi connectivity index (χ1n) is 8.40. The minimum atomic E-state index is -0.426. The van der Waals surface area contributed by atoms with E-state index in [0.717, 1.165) is 22.7 Å². The third-order valence-electron chi connectivity index (χ3n) is 5.00. The number of carbonyl (C=O) groups excluding carboxylic acids is 1. The molecule has 25 heavy (non-hydrogen) atoms. The number of H-pyrrole nitrogens is 1. The lowest BCUT2D eigenvalue weighted by molar-refractivity contribution is 0.00578. The van der Waals surface area contributed by atoms with Gasteiger partial charge in [0.15, 0.2) is 6.29 Å². The normalized spacial score (nSPS) is 19.6. The number of nitrogens with zero attached hydrogens (tertiary/aromatic N) is 1. The average Bonchev–Trinajstić information content (AvgIpc) is 3.04. The Morgan fingerprint density at radius 3 is 2.60 bits per heavy atom. The summed E-state index contributed by atoms with van der Waals surface area (Å²) in [7, 11) is 1.46. The molecule has 0 bridgehead atoms. The van der Waals surface area contributed by atoms with Crippen molar-refractivity contribution in [2.75, 3.05) is 13.6 Å². The van der Waals surface area contributed by atoms with E-state index in [1.165, 1.54) is 0 Å². The van der Waals surface area contributed by atoms with Gasteiger partial charge in [0.2, 0.25) is 0 Å². The zero-order chi connectivity index (χ0) is 18.2. The van der Waals surface area contributed by atoms with Crippen molar-refractivity contribution in [1.29, 1.82) is 0 Å². The van der Waals surface area contributed by atoms with Crippen molar-refractivity contribution in [2.45, 2.75) is 38.9 Å². The summed E-state index contributed by atoms with van der Waals surface area (Å²) in [6.07, 6.45) is 6.28. The number of pyridine rings is 1. The van der Waals surface area contributed by atoms with E-state index >= 15 is 0 Å². The predicted octanol–water partition coefficient (Wildman–Crippen LogP) is 2.61. The van der Waals surface area contributed by atoms with Gasteiger partial charge in [0, 0.05) is 29.9 Å². The fourth-order valence-electron chi connectivity index (χ4n) is 2.83. The molecular formula is C18H24BN3O3. The molecule has 0 aromatic carbocycles. The largest absolute Gasteiger partial charge is 0.491 e. The number of hydrogen-bond donors (Lipinski definition) is 2. The molecule has 3 heterocycles. The number of aromatic nitrogens is 2. The lowest BCUT2D eigenvalue weighted by Gasteiger charge is -2.32. The zero-order valence-electron chi connectivity index (χ0n) is 15.3. The Labute approximate surface area is 148 Å². The van der Waals surface area contributed by atoms with Crippen molar-refractivity contribution >= 4 is 30.5 Å². The van der Waals surface area contributed by atoms with Crippen LogP contribution in [0.1, 0.15) is 43.6 Å². The molecule has 0 saturated carbocycles. The summed E-state index contributed by atoms with van der Waals surface area (Å²) in [5, 5.41) is 3.97. The number of aldehydes is 1. The van der Waals surface area contributed by atoms with E-state index < -0.39 is 18.3 Å². The topological polar surface area (TPSA) is 76.2 Å². The molecular weight excluding hydrogens is 317 g/mol. The highest BCUT2D eigenvalue weighted by Crippen LogP contribution is 2.38. The van der Waals surface area contributed by atoms with E-state index in [1.54, 1.807) is 12.4 Å². The molecule has 2 aromatic rings. The molecule has 0 amide bonds. The summed E-state index contributed by atoms with van der Waals surface area (Å²) in [4.78, 5) is 18.5. The standard InChI is InChI=1S/C18H24BN3O3/c1-17(2)18(3,4)25-19(24-17)14(10-20-5)6-12-7-15-13(11-23)9-22-16(15)21-8-12/h6-9,11,20H,10H2,1-5H3,(H,21,22). The van der Waals surface area contributed by atoms with Gasteiger partial charge in [0.25, 0.3) is 0 Å². The third kappa shape index (κ3) is 3.27. The average molecular weight is 341 g/mol. The molecule has 0 unspecified atom stereocenters. The SMILES string of the molecule is CNCC(=Cc1cnc2[nH]cc(C=O)c2c1)B1OC(C)(C)C(C)(C)O1. The molecule has 0 spiro atoms. The van der Waals surface area contributed by atoms with Crippen LogP contribution in [-0.2, 0) is 9.31 Å². The summed E-state index contributed by atoms with van der Waals surface area (Å²) in [6, 6.07) is 1.95. The fourth-order valence-corrected chi connectivity index (χ4v) is 2.83. The Morgan fingerprint density at radius 2 is 2.00 bits per heavy atom. The van der Waals surface area contributed by atoms with Gasteiger partial charge < -0.3 is 19.6 Å². The van der Waals surface area contributed by atoms with Gasteiger partial charge in [-0.1, -0.05) is 6.08 Å². The highest BCUT2D eigenvalue weighted by molar-refractivity contribution is 6.55. The summed E-state index contributed by atoms with van der Waals surface area (Å²) < 4.78 is 12.3. The number of likely N-dealkylation sites (N-methyl/N-ethyl adjacent to an activating group) is 1. The maximum absolute atomic E-state index is 11.2. The molecule has 0 aliphatic carbocycles. The molecule has 3 rings (SSSR count). The van der Waals surface area contributed by atoms with Gasteiger partial charge in [0.1, 0.15) is 5.65 Å². The van der Waals surface area contributed by atoms with E-state index in [2.05, 4.69) is 15.3 Å². The molecule has 2 N–H and O–H groups in total. The first-order chi connectivity index (χ1) is 11.8. The predicted molar refractivity (Wildman–Crippen MR) is 99.5 cm³/mol. The van der Waals surface area contributed by atoms with Crippen molar-refractivity contribution in [1.82, 2.24) is 15.3 Å². The number of carbonyl (C=O) groups is 1. The minimum absolute atomic E-state index is 0.391. The van der Waals surface area contributed by atoms with Gasteiger partial charge in [-0.15, -0.1) is 0 Å². The Morgan fingerprint density at radius 1 is 1.32 bits per heavy atom. The van der Waals surface area contributed by atoms with Gasteiger partial charge in [-0.3, -0.25) is 4.79 Å². The molecule has 7 heteroatoms. The Kier molecular flexibility index (Phi) is 4.57. The van der Waals surface area contributed by atoms with Crippen LogP contribution in [0.5, 0.6) is 0 Å². The first-order valence-corrected chi connectivity index (χ1v) is 8.40. The smallest absolute Gasteiger partial charge is 0.400 e. The number of fused-ring (bicyclic) bond motifs is 1. The van der Waals surface area contributed by atoms with Crippen LogP contribution in [0, 0.1) is 0 Å². The first kappa shape index (κ1) is 17.9. The number of rotatable bonds is 5. The minimum Gasteiger partial charge on any atom is -0.400 e. The maximum atomic E-state index is 11.2. The Balaban J connectivity index is 1.97. The highest BCUT2D eigenvalue weighted by Gasteiger charge is 2.52. The van der Waals surface area contributed by atoms with Crippen molar-refractivity contribution in [3.63, 3.8) is 0 Å². The summed E-state index contributed by atoms with van der Waals surface area (Å²) in [5.41, 5.74) is 2.39. The summed E-state index contributed by atoms with van der Waals surface area (Å²) >= 11 is 0. The number of aromatic amines is 1. The van der Waals surface area contributed by atoms with Crippen molar-refractivity contribution < 1.29 is 14.1 Å². The molecule has 6 nitrogen and oxygen atoms in total. The van der Waals surface area contributed by atoms with Gasteiger partial charge in [-0.2, -0.15) is 0 Å². The zero-order valence-corrected chi connectivity index (χ0v) is 15.3. The second-order valence-corrected chi connectivity index (χ2v) is 7.36. The monoisotopic (exact) mass is 341 g/mol. The molecule has 2 aromatic heterocycles. The molecule has 0 radical (unpaired) electrons. The van der Waals surface area contributed by atoms with Gasteiger partial charge in [0.05, 0.1) is 11.2 Å². The summed E-state index contributed by atoms with van der Waals surface area (Å²) in [6.45, 7) is 8.77. The van der Waals surface area contributed by atoms with Gasteiger partial charge >= 0.3 is 7.12 Å². The third-order valence-corrected chi connectivity index (χ3v) is 5.00. The van der Waals surface area contributed by atoms with Crippen LogP contribution in [0.4, 0.5) is 0 Å². The molecule has 1 aliphatic rings. The number of nitrogens with one attached hydrogen (secondary N) is 2. The van der Waals surface area contributed by atoms with Crippen LogP contribution in [0.2, 0.25) is 0 Å². The van der Waals surface area contributed by atoms with Crippen LogP contribution in [-0.4, -0.2) is 48.2 Å². The quantitative estimate of drug-likeness (QED) is 0.646. The van der Waals surface area contributed by atoms with Crippen LogP contribution in [0.3, 0.4) is 0 Å². The van der Waals surface area contributed by atoms with E-state index in [-0.39, 0.29) is 0 Å². The molecule has 0 atom stereocenters. The van der Waals surface area contributed by atoms with Crippen molar-refractivity contribution in [3.8, 4) is 0 Å². The molecule has 1 saturated heterocycles. The van der Waals surface area contributed by atoms with E-state index in [1.807, 2.05) is 46.9 Å². The van der Waals surface area contributed by atoms with Crippen LogP contribution >= 0.6 is 0 Å². The van der Waals surface area contributed by atoms with E-state index in [4.69, 9.17) is 9.31 Å².